The number of nitrogens with zero attached hydrogens (tertiary/aromatic N) is 1. The van der Waals surface area contributed by atoms with Crippen molar-refractivity contribution in [2.45, 2.75) is 26.8 Å². The van der Waals surface area contributed by atoms with Crippen LogP contribution in [0.25, 0.3) is 0 Å². The van der Waals surface area contributed by atoms with Gasteiger partial charge in [-0.15, -0.1) is 0 Å². The van der Waals surface area contributed by atoms with Crippen LogP contribution in [0, 0.1) is 13.8 Å². The summed E-state index contributed by atoms with van der Waals surface area (Å²) in [4.78, 5) is 2.29. The predicted octanol–water partition coefficient (Wildman–Crippen LogP) is 2.25. The van der Waals surface area contributed by atoms with Gasteiger partial charge in [-0.05, 0) is 33.4 Å². The van der Waals surface area contributed by atoms with Gasteiger partial charge in [-0.3, -0.25) is 4.90 Å². The molecule has 0 aliphatic heterocycles. The minimum absolute atomic E-state index is 0.437. The van der Waals surface area contributed by atoms with E-state index in [1.807, 2.05) is 0 Å². The normalized spacial score (nSPS) is 13.2. The van der Waals surface area contributed by atoms with Gasteiger partial charge in [0.05, 0.1) is 0 Å². The third-order valence-electron chi connectivity index (χ3n) is 2.87. The monoisotopic (exact) mass is 206 g/mol. The van der Waals surface area contributed by atoms with Crippen molar-refractivity contribution in [3.05, 3.63) is 34.9 Å². The molecule has 0 aliphatic rings. The maximum absolute atomic E-state index is 5.56. The number of hydrogen-bond acceptors (Lipinski definition) is 2. The lowest BCUT2D eigenvalue weighted by Crippen LogP contribution is -2.28. The molecular formula is C13H22N2. The summed E-state index contributed by atoms with van der Waals surface area (Å²) in [7, 11) is 2.12. The highest BCUT2D eigenvalue weighted by Crippen LogP contribution is 2.20. The lowest BCUT2D eigenvalue weighted by Gasteiger charge is -2.25. The molecule has 0 heterocycles. The van der Waals surface area contributed by atoms with Crippen LogP contribution in [0.2, 0.25) is 0 Å². The van der Waals surface area contributed by atoms with Crippen LogP contribution in [0.3, 0.4) is 0 Å². The zero-order chi connectivity index (χ0) is 11.4. The van der Waals surface area contributed by atoms with Crippen LogP contribution in [-0.2, 0) is 0 Å². The molecule has 0 radical (unpaired) electrons. The Labute approximate surface area is 93.1 Å². The van der Waals surface area contributed by atoms with E-state index in [2.05, 4.69) is 50.9 Å². The molecule has 2 nitrogen and oxygen atoms in total. The first-order chi connectivity index (χ1) is 7.04. The van der Waals surface area contributed by atoms with Gasteiger partial charge in [-0.2, -0.15) is 0 Å². The SMILES string of the molecule is Cc1cc(C)cc(C(C)N(C)CCN)c1. The Balaban J connectivity index is 2.85. The summed E-state index contributed by atoms with van der Waals surface area (Å²) in [6.07, 6.45) is 0. The van der Waals surface area contributed by atoms with Crippen molar-refractivity contribution in [2.24, 2.45) is 5.73 Å². The van der Waals surface area contributed by atoms with E-state index in [0.29, 0.717) is 12.6 Å². The highest BCUT2D eigenvalue weighted by atomic mass is 15.1. The Kier molecular flexibility index (Phi) is 4.30. The Bertz CT molecular complexity index is 300. The van der Waals surface area contributed by atoms with Crippen molar-refractivity contribution in [2.75, 3.05) is 20.1 Å². The van der Waals surface area contributed by atoms with Crippen LogP contribution in [0.4, 0.5) is 0 Å². The third kappa shape index (κ3) is 3.33. The smallest absolute Gasteiger partial charge is 0.0317 e. The molecule has 1 aromatic carbocycles. The molecular weight excluding hydrogens is 184 g/mol. The molecule has 2 N–H and O–H groups in total. The van der Waals surface area contributed by atoms with Gasteiger partial charge < -0.3 is 5.73 Å². The third-order valence-corrected chi connectivity index (χ3v) is 2.87. The van der Waals surface area contributed by atoms with Gasteiger partial charge in [0.1, 0.15) is 0 Å². The van der Waals surface area contributed by atoms with Gasteiger partial charge in [-0.1, -0.05) is 29.3 Å². The molecule has 2 heteroatoms. The largest absolute Gasteiger partial charge is 0.329 e. The molecule has 0 fully saturated rings. The van der Waals surface area contributed by atoms with Crippen LogP contribution in [0.5, 0.6) is 0 Å². The fraction of sp³-hybridized carbons (Fsp3) is 0.538. The summed E-state index contributed by atoms with van der Waals surface area (Å²) in [5.41, 5.74) is 9.60. The number of hydrogen-bond donors (Lipinski definition) is 1. The van der Waals surface area contributed by atoms with Crippen molar-refractivity contribution in [3.8, 4) is 0 Å². The molecule has 0 saturated heterocycles. The summed E-state index contributed by atoms with van der Waals surface area (Å²) >= 11 is 0. The molecule has 0 saturated carbocycles. The molecule has 1 aromatic rings. The van der Waals surface area contributed by atoms with E-state index in [-0.39, 0.29) is 0 Å². The van der Waals surface area contributed by atoms with Crippen molar-refractivity contribution in [3.63, 3.8) is 0 Å². The molecule has 0 aromatic heterocycles. The summed E-state index contributed by atoms with van der Waals surface area (Å²) in [5, 5.41) is 0. The van der Waals surface area contributed by atoms with Crippen molar-refractivity contribution < 1.29 is 0 Å². The van der Waals surface area contributed by atoms with Crippen LogP contribution >= 0.6 is 0 Å². The molecule has 84 valence electrons. The Morgan fingerprint density at radius 2 is 1.73 bits per heavy atom. The first-order valence-corrected chi connectivity index (χ1v) is 5.53. The van der Waals surface area contributed by atoms with E-state index in [0.717, 1.165) is 6.54 Å². The lowest BCUT2D eigenvalue weighted by atomic mass is 10.0. The first kappa shape index (κ1) is 12.2. The van der Waals surface area contributed by atoms with Crippen LogP contribution in [-0.4, -0.2) is 25.0 Å². The molecule has 15 heavy (non-hydrogen) atoms. The summed E-state index contributed by atoms with van der Waals surface area (Å²) in [5.74, 6) is 0. The molecule has 0 bridgehead atoms. The molecule has 0 amide bonds. The second kappa shape index (κ2) is 5.29. The second-order valence-corrected chi connectivity index (χ2v) is 4.37. The highest BCUT2D eigenvalue weighted by molar-refractivity contribution is 5.30. The molecule has 1 rings (SSSR count). The number of aryl methyl sites for hydroxylation is 2. The summed E-state index contributed by atoms with van der Waals surface area (Å²) < 4.78 is 0. The Morgan fingerprint density at radius 3 is 2.20 bits per heavy atom. The van der Waals surface area contributed by atoms with Crippen molar-refractivity contribution in [1.29, 1.82) is 0 Å². The van der Waals surface area contributed by atoms with Gasteiger partial charge >= 0.3 is 0 Å². The van der Waals surface area contributed by atoms with Crippen molar-refractivity contribution >= 4 is 0 Å². The minimum Gasteiger partial charge on any atom is -0.329 e. The first-order valence-electron chi connectivity index (χ1n) is 5.53. The van der Waals surface area contributed by atoms with E-state index >= 15 is 0 Å². The quantitative estimate of drug-likeness (QED) is 0.818. The molecule has 1 atom stereocenters. The molecule has 1 unspecified atom stereocenters. The van der Waals surface area contributed by atoms with E-state index in [4.69, 9.17) is 5.73 Å². The fourth-order valence-corrected chi connectivity index (χ4v) is 1.90. The lowest BCUT2D eigenvalue weighted by molar-refractivity contribution is 0.269. The Morgan fingerprint density at radius 1 is 1.20 bits per heavy atom. The second-order valence-electron chi connectivity index (χ2n) is 4.37. The fourth-order valence-electron chi connectivity index (χ4n) is 1.90. The number of benzene rings is 1. The van der Waals surface area contributed by atoms with Crippen LogP contribution in [0.15, 0.2) is 18.2 Å². The minimum atomic E-state index is 0.437. The van der Waals surface area contributed by atoms with E-state index < -0.39 is 0 Å². The van der Waals surface area contributed by atoms with Gasteiger partial charge in [0.25, 0.3) is 0 Å². The number of likely N-dealkylation sites (N-methyl/N-ethyl adjacent to an activating group) is 1. The Hall–Kier alpha value is -0.860. The van der Waals surface area contributed by atoms with E-state index in [1.165, 1.54) is 16.7 Å². The highest BCUT2D eigenvalue weighted by Gasteiger charge is 2.11. The average molecular weight is 206 g/mol. The summed E-state index contributed by atoms with van der Waals surface area (Å²) in [6, 6.07) is 7.15. The van der Waals surface area contributed by atoms with Gasteiger partial charge in [-0.25, -0.2) is 0 Å². The molecule has 0 aliphatic carbocycles. The average Bonchev–Trinajstić information content (AvgIpc) is 2.15. The predicted molar refractivity (Wildman–Crippen MR) is 66.0 cm³/mol. The zero-order valence-electron chi connectivity index (χ0n) is 10.2. The zero-order valence-corrected chi connectivity index (χ0v) is 10.2. The van der Waals surface area contributed by atoms with Gasteiger partial charge in [0.15, 0.2) is 0 Å². The molecule has 0 spiro atoms. The van der Waals surface area contributed by atoms with Crippen molar-refractivity contribution in [1.82, 2.24) is 4.90 Å². The maximum atomic E-state index is 5.56. The topological polar surface area (TPSA) is 29.3 Å². The van der Waals surface area contributed by atoms with Crippen LogP contribution < -0.4 is 5.73 Å². The van der Waals surface area contributed by atoms with Crippen LogP contribution in [0.1, 0.15) is 29.7 Å². The number of nitrogens with two attached hydrogens (primary N) is 1. The summed E-state index contributed by atoms with van der Waals surface area (Å²) in [6.45, 7) is 8.17. The van der Waals surface area contributed by atoms with Gasteiger partial charge in [0.2, 0.25) is 0 Å². The van der Waals surface area contributed by atoms with Gasteiger partial charge in [0, 0.05) is 19.1 Å². The number of rotatable bonds is 4. The maximum Gasteiger partial charge on any atom is 0.0317 e. The standard InChI is InChI=1S/C13H22N2/c1-10-7-11(2)9-13(8-10)12(3)15(4)6-5-14/h7-9,12H,5-6,14H2,1-4H3. The van der Waals surface area contributed by atoms with E-state index in [1.54, 1.807) is 0 Å². The van der Waals surface area contributed by atoms with E-state index in [9.17, 15) is 0 Å².